The highest BCUT2D eigenvalue weighted by Gasteiger charge is 2.29. The lowest BCUT2D eigenvalue weighted by Crippen LogP contribution is -2.35. The molecule has 4 aromatic carbocycles. The quantitative estimate of drug-likeness (QED) is 0.264. The molecule has 1 amide bonds. The van der Waals surface area contributed by atoms with E-state index in [1.54, 1.807) is 12.1 Å². The number of hydrogen-bond acceptors (Lipinski definition) is 5. The number of sulfonamides is 1. The van der Waals surface area contributed by atoms with Crippen LogP contribution in [0.3, 0.4) is 0 Å². The normalized spacial score (nSPS) is 14.1. The van der Waals surface area contributed by atoms with E-state index >= 15 is 0 Å². The Morgan fingerprint density at radius 1 is 0.800 bits per heavy atom. The molecule has 0 aromatic heterocycles. The van der Waals surface area contributed by atoms with Gasteiger partial charge in [0, 0.05) is 30.0 Å². The highest BCUT2D eigenvalue weighted by Crippen LogP contribution is 2.39. The number of carbonyl (C=O) groups excluding carboxylic acids is 1. The molecule has 204 valence electrons. The number of rotatable bonds is 9. The van der Waals surface area contributed by atoms with Crippen molar-refractivity contribution in [1.29, 1.82) is 0 Å². The summed E-state index contributed by atoms with van der Waals surface area (Å²) in [7, 11) is 0.371. The number of fused-ring (bicyclic) bond motifs is 1. The van der Waals surface area contributed by atoms with Crippen LogP contribution in [0.1, 0.15) is 11.1 Å². The maximum absolute atomic E-state index is 13.4. The van der Waals surface area contributed by atoms with Crippen molar-refractivity contribution in [3.05, 3.63) is 114 Å². The van der Waals surface area contributed by atoms with E-state index in [0.717, 1.165) is 33.6 Å². The van der Waals surface area contributed by atoms with E-state index in [1.165, 1.54) is 10.6 Å². The first kappa shape index (κ1) is 27.2. The molecule has 0 spiro atoms. The number of anilines is 3. The molecule has 8 heteroatoms. The maximum Gasteiger partial charge on any atom is 0.258 e. The van der Waals surface area contributed by atoms with Crippen LogP contribution in [0.4, 0.5) is 17.1 Å². The lowest BCUT2D eigenvalue weighted by molar-refractivity contribution is -0.110. The van der Waals surface area contributed by atoms with Crippen molar-refractivity contribution < 1.29 is 13.2 Å². The predicted octanol–water partition coefficient (Wildman–Crippen LogP) is 5.61. The van der Waals surface area contributed by atoms with Crippen LogP contribution in [-0.2, 0) is 14.8 Å². The van der Waals surface area contributed by atoms with Gasteiger partial charge < -0.3 is 15.5 Å². The third-order valence-corrected chi connectivity index (χ3v) is 7.95. The molecular formula is C32H32N4O3S. The maximum atomic E-state index is 13.4. The van der Waals surface area contributed by atoms with E-state index in [2.05, 4.69) is 10.6 Å². The van der Waals surface area contributed by atoms with Crippen LogP contribution in [0.25, 0.3) is 22.4 Å². The summed E-state index contributed by atoms with van der Waals surface area (Å²) < 4.78 is 26.3. The van der Waals surface area contributed by atoms with Gasteiger partial charge in [0.15, 0.2) is 0 Å². The van der Waals surface area contributed by atoms with Crippen molar-refractivity contribution in [2.24, 2.45) is 0 Å². The molecule has 40 heavy (non-hydrogen) atoms. The van der Waals surface area contributed by atoms with Crippen molar-refractivity contribution in [3.63, 3.8) is 0 Å². The molecule has 0 unspecified atom stereocenters. The van der Waals surface area contributed by atoms with E-state index in [9.17, 15) is 13.2 Å². The van der Waals surface area contributed by atoms with Gasteiger partial charge in [-0.2, -0.15) is 0 Å². The molecule has 7 nitrogen and oxygen atoms in total. The zero-order valence-corrected chi connectivity index (χ0v) is 23.6. The van der Waals surface area contributed by atoms with Crippen LogP contribution >= 0.6 is 0 Å². The lowest BCUT2D eigenvalue weighted by Gasteiger charge is -2.24. The fourth-order valence-electron chi connectivity index (χ4n) is 4.75. The summed E-state index contributed by atoms with van der Waals surface area (Å²) in [4.78, 5) is 15.3. The average Bonchev–Trinajstić information content (AvgIpc) is 3.27. The SMILES string of the molecule is CN(C)CCN(c1ccc(NC(=C2C(=O)Nc3cc(-c4ccccc4)ccc32)c2ccccc2)cc1)S(C)(=O)=O. The summed E-state index contributed by atoms with van der Waals surface area (Å²) in [5.74, 6) is -0.185. The Kier molecular flexibility index (Phi) is 7.73. The molecule has 0 saturated carbocycles. The molecule has 1 aliphatic rings. The third-order valence-electron chi connectivity index (χ3n) is 6.76. The first-order valence-corrected chi connectivity index (χ1v) is 14.9. The summed E-state index contributed by atoms with van der Waals surface area (Å²) in [5.41, 5.74) is 7.08. The summed E-state index contributed by atoms with van der Waals surface area (Å²) in [6.45, 7) is 0.942. The molecule has 4 aromatic rings. The Labute approximate surface area is 235 Å². The number of amides is 1. The van der Waals surface area contributed by atoms with E-state index in [1.807, 2.05) is 110 Å². The molecule has 0 atom stereocenters. The van der Waals surface area contributed by atoms with Crippen molar-refractivity contribution in [2.45, 2.75) is 0 Å². The summed E-state index contributed by atoms with van der Waals surface area (Å²) in [6, 6.07) is 33.0. The summed E-state index contributed by atoms with van der Waals surface area (Å²) in [5, 5.41) is 6.50. The van der Waals surface area contributed by atoms with Gasteiger partial charge in [0.1, 0.15) is 0 Å². The van der Waals surface area contributed by atoms with Crippen molar-refractivity contribution in [2.75, 3.05) is 48.4 Å². The van der Waals surface area contributed by atoms with Crippen LogP contribution in [0, 0.1) is 0 Å². The zero-order valence-electron chi connectivity index (χ0n) is 22.8. The molecule has 5 rings (SSSR count). The molecule has 0 fully saturated rings. The largest absolute Gasteiger partial charge is 0.354 e. The highest BCUT2D eigenvalue weighted by atomic mass is 32.2. The average molecular weight is 553 g/mol. The predicted molar refractivity (Wildman–Crippen MR) is 165 cm³/mol. The molecular weight excluding hydrogens is 520 g/mol. The Morgan fingerprint density at radius 3 is 2.08 bits per heavy atom. The Balaban J connectivity index is 1.52. The molecule has 0 aliphatic carbocycles. The second-order valence-electron chi connectivity index (χ2n) is 10.0. The molecule has 1 heterocycles. The Hall–Kier alpha value is -4.40. The smallest absolute Gasteiger partial charge is 0.258 e. The zero-order chi connectivity index (χ0) is 28.3. The first-order chi connectivity index (χ1) is 19.2. The number of benzene rings is 4. The van der Waals surface area contributed by atoms with Gasteiger partial charge in [-0.25, -0.2) is 8.42 Å². The Bertz CT molecular complexity index is 1650. The number of hydrogen-bond donors (Lipinski definition) is 2. The topological polar surface area (TPSA) is 81.8 Å². The summed E-state index contributed by atoms with van der Waals surface area (Å²) >= 11 is 0. The van der Waals surface area contributed by atoms with Gasteiger partial charge in [0.25, 0.3) is 5.91 Å². The van der Waals surface area contributed by atoms with Crippen molar-refractivity contribution in [3.8, 4) is 11.1 Å². The molecule has 0 radical (unpaired) electrons. The molecule has 1 aliphatic heterocycles. The van der Waals surface area contributed by atoms with Crippen molar-refractivity contribution >= 4 is 44.3 Å². The fraction of sp³-hybridized carbons (Fsp3) is 0.156. The first-order valence-electron chi connectivity index (χ1n) is 13.0. The van der Waals surface area contributed by atoms with Crippen LogP contribution in [-0.4, -0.2) is 52.7 Å². The van der Waals surface area contributed by atoms with Gasteiger partial charge in [-0.1, -0.05) is 72.8 Å². The Morgan fingerprint density at radius 2 is 1.45 bits per heavy atom. The second-order valence-corrected chi connectivity index (χ2v) is 11.9. The van der Waals surface area contributed by atoms with Crippen LogP contribution in [0.5, 0.6) is 0 Å². The highest BCUT2D eigenvalue weighted by molar-refractivity contribution is 7.92. The van der Waals surface area contributed by atoms with Gasteiger partial charge in [0.05, 0.1) is 23.2 Å². The standard InChI is InChI=1S/C32H32N4O3S/c1-35(2)20-21-36(40(3,38)39)27-17-15-26(16-18-27)33-31(24-12-8-5-9-13-24)30-28-19-14-25(22-29(28)34-32(30)37)23-10-6-4-7-11-23/h4-19,22,33H,20-21H2,1-3H3,(H,34,37). The second kappa shape index (κ2) is 11.4. The minimum absolute atomic E-state index is 0.185. The number of nitrogens with one attached hydrogen (secondary N) is 2. The molecule has 0 saturated heterocycles. The van der Waals surface area contributed by atoms with Crippen molar-refractivity contribution in [1.82, 2.24) is 4.90 Å². The van der Waals surface area contributed by atoms with Gasteiger partial charge in [-0.05, 0) is 61.1 Å². The lowest BCUT2D eigenvalue weighted by atomic mass is 9.97. The van der Waals surface area contributed by atoms with Gasteiger partial charge in [-0.15, -0.1) is 0 Å². The number of carbonyl (C=O) groups is 1. The van der Waals surface area contributed by atoms with Crippen LogP contribution in [0.2, 0.25) is 0 Å². The third kappa shape index (κ3) is 5.93. The minimum Gasteiger partial charge on any atom is -0.354 e. The van der Waals surface area contributed by atoms with Crippen LogP contribution < -0.4 is 14.9 Å². The van der Waals surface area contributed by atoms with E-state index < -0.39 is 10.0 Å². The fourth-order valence-corrected chi connectivity index (χ4v) is 5.67. The van der Waals surface area contributed by atoms with Crippen LogP contribution in [0.15, 0.2) is 103 Å². The minimum atomic E-state index is -3.45. The number of nitrogens with zero attached hydrogens (tertiary/aromatic N) is 2. The van der Waals surface area contributed by atoms with Gasteiger partial charge in [-0.3, -0.25) is 9.10 Å². The summed E-state index contributed by atoms with van der Waals surface area (Å²) in [6.07, 6.45) is 1.21. The molecule has 2 N–H and O–H groups in total. The monoisotopic (exact) mass is 552 g/mol. The van der Waals surface area contributed by atoms with Gasteiger partial charge >= 0.3 is 0 Å². The molecule has 0 bridgehead atoms. The van der Waals surface area contributed by atoms with E-state index in [0.29, 0.717) is 30.0 Å². The number of likely N-dealkylation sites (N-methyl/N-ethyl adjacent to an activating group) is 1. The van der Waals surface area contributed by atoms with Gasteiger partial charge in [0.2, 0.25) is 10.0 Å². The van der Waals surface area contributed by atoms with E-state index in [4.69, 9.17) is 0 Å². The van der Waals surface area contributed by atoms with E-state index in [-0.39, 0.29) is 5.91 Å².